The number of halogens is 1. The third kappa shape index (κ3) is 4.36. The highest BCUT2D eigenvalue weighted by Gasteiger charge is 2.48. The summed E-state index contributed by atoms with van der Waals surface area (Å²) in [6.07, 6.45) is -1.79. The Balaban J connectivity index is 1.22. The second-order valence-electron chi connectivity index (χ2n) is 9.64. The molecule has 2 aliphatic heterocycles. The third-order valence-electron chi connectivity index (χ3n) is 6.97. The summed E-state index contributed by atoms with van der Waals surface area (Å²) in [4.78, 5) is 8.02. The molecular weight excluding hydrogens is 511 g/mol. The molecular formula is C27H27FN4O5S. The van der Waals surface area contributed by atoms with E-state index in [9.17, 15) is 9.32 Å². The number of aromatic amines is 1. The van der Waals surface area contributed by atoms with Crippen molar-refractivity contribution in [1.29, 1.82) is 4.78 Å². The van der Waals surface area contributed by atoms with Crippen molar-refractivity contribution in [3.05, 3.63) is 66.5 Å². The Hall–Kier alpha value is -3.35. The zero-order valence-electron chi connectivity index (χ0n) is 20.8. The first-order valence-corrected chi connectivity index (χ1v) is 13.7. The Morgan fingerprint density at radius 3 is 2.34 bits per heavy atom. The van der Waals surface area contributed by atoms with E-state index < -0.39 is 27.9 Å². The van der Waals surface area contributed by atoms with E-state index in [1.807, 2.05) is 24.3 Å². The second-order valence-corrected chi connectivity index (χ2v) is 11.9. The summed E-state index contributed by atoms with van der Waals surface area (Å²) >= 11 is 0. The van der Waals surface area contributed by atoms with Gasteiger partial charge in [-0.05, 0) is 23.3 Å². The number of ether oxygens (including phenoxy) is 3. The fourth-order valence-electron chi connectivity index (χ4n) is 4.84. The topological polar surface area (TPSA) is 121 Å². The summed E-state index contributed by atoms with van der Waals surface area (Å²) in [6.45, 7) is 0.507. The number of benzene rings is 2. The number of hydrogen-bond donors (Lipinski definition) is 3. The minimum absolute atomic E-state index is 0.214. The van der Waals surface area contributed by atoms with E-state index in [2.05, 4.69) is 9.97 Å². The summed E-state index contributed by atoms with van der Waals surface area (Å²) in [5.74, 6) is -0.0450. The lowest BCUT2D eigenvalue weighted by Gasteiger charge is -2.16. The van der Waals surface area contributed by atoms with Gasteiger partial charge < -0.3 is 24.3 Å². The highest BCUT2D eigenvalue weighted by atomic mass is 32.2. The zero-order chi connectivity index (χ0) is 26.6. The van der Waals surface area contributed by atoms with Crippen LogP contribution in [0.4, 0.5) is 4.39 Å². The average Bonchev–Trinajstić information content (AvgIpc) is 3.60. The van der Waals surface area contributed by atoms with Crippen molar-refractivity contribution in [3.63, 3.8) is 0 Å². The van der Waals surface area contributed by atoms with Gasteiger partial charge in [-0.2, -0.15) is 0 Å². The number of H-pyrrole nitrogens is 1. The summed E-state index contributed by atoms with van der Waals surface area (Å²) < 4.78 is 54.2. The molecule has 3 N–H and O–H groups in total. The Labute approximate surface area is 219 Å². The van der Waals surface area contributed by atoms with Gasteiger partial charge in [-0.3, -0.25) is 0 Å². The molecule has 2 aliphatic rings. The maximum absolute atomic E-state index is 15.0. The Morgan fingerprint density at radius 1 is 1.03 bits per heavy atom. The summed E-state index contributed by atoms with van der Waals surface area (Å²) in [6, 6.07) is 17.5. The molecule has 2 aromatic carbocycles. The van der Waals surface area contributed by atoms with Gasteiger partial charge >= 0.3 is 0 Å². The molecule has 4 heterocycles. The van der Waals surface area contributed by atoms with Gasteiger partial charge in [0.05, 0.1) is 29.1 Å². The minimum Gasteiger partial charge on any atom is -0.470 e. The largest absolute Gasteiger partial charge is 0.470 e. The number of fused-ring (bicyclic) bond motifs is 2. The molecule has 11 heteroatoms. The molecule has 38 heavy (non-hydrogen) atoms. The molecule has 1 unspecified atom stereocenters. The first-order valence-electron chi connectivity index (χ1n) is 12.1. The fourth-order valence-corrected chi connectivity index (χ4v) is 5.77. The number of aromatic nitrogens is 2. The predicted molar refractivity (Wildman–Crippen MR) is 140 cm³/mol. The molecule has 0 aliphatic carbocycles. The molecule has 198 valence electrons. The summed E-state index contributed by atoms with van der Waals surface area (Å²) in [7, 11) is 0.227. The van der Waals surface area contributed by atoms with Gasteiger partial charge in [-0.1, -0.05) is 36.4 Å². The molecule has 9 nitrogen and oxygen atoms in total. The molecule has 2 saturated heterocycles. The predicted octanol–water partition coefficient (Wildman–Crippen LogP) is 3.82. The van der Waals surface area contributed by atoms with Crippen molar-refractivity contribution in [1.82, 2.24) is 14.3 Å². The fraction of sp³-hybridized carbons (Fsp3) is 0.296. The summed E-state index contributed by atoms with van der Waals surface area (Å²) in [5, 5.41) is 9.92. The Kier molecular flexibility index (Phi) is 6.20. The van der Waals surface area contributed by atoms with E-state index >= 15 is 4.39 Å². The van der Waals surface area contributed by atoms with E-state index in [1.54, 1.807) is 44.4 Å². The van der Waals surface area contributed by atoms with Crippen molar-refractivity contribution >= 4 is 20.9 Å². The number of nitrogens with one attached hydrogen (secondary N) is 2. The molecule has 0 radical (unpaired) electrons. The van der Waals surface area contributed by atoms with Crippen molar-refractivity contribution < 1.29 is 27.9 Å². The quantitative estimate of drug-likeness (QED) is 0.343. The zero-order valence-corrected chi connectivity index (χ0v) is 21.6. The van der Waals surface area contributed by atoms with Crippen LogP contribution in [-0.4, -0.2) is 75.3 Å². The van der Waals surface area contributed by atoms with Gasteiger partial charge in [0.2, 0.25) is 0 Å². The molecule has 5 atom stereocenters. The molecule has 2 aromatic heterocycles. The molecule has 0 bridgehead atoms. The van der Waals surface area contributed by atoms with E-state index in [1.165, 1.54) is 10.4 Å². The van der Waals surface area contributed by atoms with Gasteiger partial charge in [-0.25, -0.2) is 22.7 Å². The third-order valence-corrected chi connectivity index (χ3v) is 8.91. The van der Waals surface area contributed by atoms with Crippen LogP contribution in [0.3, 0.4) is 0 Å². The van der Waals surface area contributed by atoms with Crippen LogP contribution in [0.1, 0.15) is 0 Å². The average molecular weight is 539 g/mol. The molecule has 6 rings (SSSR count). The molecule has 0 amide bonds. The first kappa shape index (κ1) is 25.0. The van der Waals surface area contributed by atoms with Crippen molar-refractivity contribution in [3.8, 4) is 28.3 Å². The number of nitrogens with zero attached hydrogens (tertiary/aromatic N) is 2. The van der Waals surface area contributed by atoms with Gasteiger partial charge in [-0.15, -0.1) is 0 Å². The van der Waals surface area contributed by atoms with Crippen molar-refractivity contribution in [2.75, 3.05) is 27.3 Å². The smallest absolute Gasteiger partial charge is 0.193 e. The van der Waals surface area contributed by atoms with Crippen molar-refractivity contribution in [2.24, 2.45) is 0 Å². The maximum Gasteiger partial charge on any atom is 0.193 e. The number of aliphatic hydroxyl groups excluding tert-OH is 1. The number of rotatable bonds is 6. The van der Waals surface area contributed by atoms with Crippen LogP contribution in [-0.2, 0) is 19.4 Å². The molecule has 0 spiro atoms. The minimum atomic E-state index is -3.00. The van der Waals surface area contributed by atoms with E-state index in [0.29, 0.717) is 34.0 Å². The number of pyridine rings is 1. The van der Waals surface area contributed by atoms with Crippen LogP contribution in [0.15, 0.2) is 65.6 Å². The van der Waals surface area contributed by atoms with Gasteiger partial charge in [0.25, 0.3) is 0 Å². The van der Waals surface area contributed by atoms with Crippen molar-refractivity contribution in [2.45, 2.75) is 29.3 Å². The van der Waals surface area contributed by atoms with Crippen LogP contribution in [0.25, 0.3) is 33.4 Å². The molecule has 4 aromatic rings. The standard InChI is InChI=1S/C27H27FN4O5S/c1-32(2)38(29,34)18-9-7-16(8-10-18)15-3-5-17(6-4-15)25-19(28)11-20-21(31-25)12-24(30-20)37-23-14-36-26-22(33)13-35-27(23)26/h3-12,22-23,26-27,29-30,33H,13-14H2,1-2H3/t22-,23-,26-,27-,38?/m1/s1. The lowest BCUT2D eigenvalue weighted by atomic mass is 10.0. The highest BCUT2D eigenvalue weighted by Crippen LogP contribution is 2.32. The molecule has 2 fully saturated rings. The van der Waals surface area contributed by atoms with Crippen LogP contribution in [0.2, 0.25) is 0 Å². The van der Waals surface area contributed by atoms with E-state index in [0.717, 1.165) is 11.1 Å². The van der Waals surface area contributed by atoms with Gasteiger partial charge in [0.15, 0.2) is 17.8 Å². The van der Waals surface area contributed by atoms with Crippen LogP contribution < -0.4 is 4.74 Å². The Bertz CT molecular complexity index is 1590. The lowest BCUT2D eigenvalue weighted by molar-refractivity contribution is 0.00794. The van der Waals surface area contributed by atoms with Crippen LogP contribution >= 0.6 is 0 Å². The van der Waals surface area contributed by atoms with Crippen LogP contribution in [0.5, 0.6) is 5.88 Å². The van der Waals surface area contributed by atoms with E-state index in [-0.39, 0.29) is 24.5 Å². The number of hydrogen-bond acceptors (Lipinski definition) is 7. The molecule has 0 saturated carbocycles. The Morgan fingerprint density at radius 2 is 1.66 bits per heavy atom. The second kappa shape index (κ2) is 9.44. The van der Waals surface area contributed by atoms with Gasteiger partial charge in [0.1, 0.15) is 33.9 Å². The monoisotopic (exact) mass is 538 g/mol. The first-order chi connectivity index (χ1) is 18.2. The maximum atomic E-state index is 15.0. The number of aliphatic hydroxyl groups is 1. The summed E-state index contributed by atoms with van der Waals surface area (Å²) in [5.41, 5.74) is 3.69. The van der Waals surface area contributed by atoms with E-state index in [4.69, 9.17) is 19.0 Å². The van der Waals surface area contributed by atoms with Crippen LogP contribution in [0, 0.1) is 10.6 Å². The lowest BCUT2D eigenvalue weighted by Crippen LogP contribution is -2.34. The van der Waals surface area contributed by atoms with Gasteiger partial charge in [0, 0.05) is 31.8 Å². The normalized spacial score (nSPS) is 24.6. The SMILES string of the molecule is CN(C)S(=N)(=O)c1ccc(-c2ccc(-c3nc4cc(O[C@@H]5CO[C@H]6[C@@H]5OC[C@H]6O)[nH]c4cc3F)cc2)cc1. The highest BCUT2D eigenvalue weighted by molar-refractivity contribution is 7.90.